The fourth-order valence-electron chi connectivity index (χ4n) is 3.40. The number of alkyl halides is 2. The number of oxime groups is 1. The highest BCUT2D eigenvalue weighted by Gasteiger charge is 2.43. The zero-order valence-corrected chi connectivity index (χ0v) is 15.1. The van der Waals surface area contributed by atoms with Crippen LogP contribution in [0.2, 0.25) is 0 Å². The summed E-state index contributed by atoms with van der Waals surface area (Å²) >= 11 is 0. The fraction of sp³-hybridized carbons (Fsp3) is 0.579. The van der Waals surface area contributed by atoms with Gasteiger partial charge >= 0.3 is 0 Å². The van der Waals surface area contributed by atoms with Gasteiger partial charge in [0.1, 0.15) is 11.4 Å². The number of hydrogen-bond acceptors (Lipinski definition) is 4. The van der Waals surface area contributed by atoms with Crippen LogP contribution in [0.5, 0.6) is 5.75 Å². The molecule has 2 aliphatic rings. The summed E-state index contributed by atoms with van der Waals surface area (Å²) in [5.41, 5.74) is 1.43. The Kier molecular flexibility index (Phi) is 5.16. The molecule has 1 spiro atoms. The van der Waals surface area contributed by atoms with E-state index in [1.165, 1.54) is 0 Å². The van der Waals surface area contributed by atoms with Gasteiger partial charge in [-0.25, -0.2) is 8.78 Å². The van der Waals surface area contributed by atoms with E-state index in [0.717, 1.165) is 23.9 Å². The van der Waals surface area contributed by atoms with Crippen LogP contribution in [0, 0.1) is 0 Å². The molecule has 142 valence electrons. The molecule has 7 heteroatoms. The number of likely N-dealkylation sites (tertiary alicyclic amines) is 1. The number of halogens is 2. The normalized spacial score (nSPS) is 19.2. The summed E-state index contributed by atoms with van der Waals surface area (Å²) in [6.07, 6.45) is 1.45. The van der Waals surface area contributed by atoms with Crippen LogP contribution < -0.4 is 4.74 Å². The van der Waals surface area contributed by atoms with Crippen molar-refractivity contribution >= 4 is 11.6 Å². The minimum Gasteiger partial charge on any atom is -0.497 e. The maximum atomic E-state index is 12.9. The molecule has 0 N–H and O–H groups in total. The molecule has 1 aromatic carbocycles. The number of nitrogens with zero attached hydrogens (tertiary/aromatic N) is 2. The van der Waals surface area contributed by atoms with E-state index in [9.17, 15) is 13.6 Å². The summed E-state index contributed by atoms with van der Waals surface area (Å²) < 4.78 is 31.1. The lowest BCUT2D eigenvalue weighted by Gasteiger charge is -2.37. The van der Waals surface area contributed by atoms with E-state index in [4.69, 9.17) is 9.57 Å². The predicted molar refractivity (Wildman–Crippen MR) is 93.6 cm³/mol. The number of benzene rings is 1. The Hall–Kier alpha value is -2.18. The molecule has 1 aromatic rings. The molecule has 1 amide bonds. The third-order valence-electron chi connectivity index (χ3n) is 5.05. The molecule has 2 heterocycles. The molecule has 0 aliphatic carbocycles. The van der Waals surface area contributed by atoms with E-state index in [-0.39, 0.29) is 12.3 Å². The molecule has 26 heavy (non-hydrogen) atoms. The van der Waals surface area contributed by atoms with E-state index in [0.29, 0.717) is 32.4 Å². The van der Waals surface area contributed by atoms with Crippen molar-refractivity contribution in [3.8, 4) is 5.75 Å². The van der Waals surface area contributed by atoms with Crippen LogP contribution in [0.3, 0.4) is 0 Å². The number of piperidine rings is 1. The monoisotopic (exact) mass is 366 g/mol. The van der Waals surface area contributed by atoms with E-state index in [2.05, 4.69) is 5.16 Å². The molecule has 5 nitrogen and oxygen atoms in total. The molecule has 0 atom stereocenters. The van der Waals surface area contributed by atoms with E-state index >= 15 is 0 Å². The second kappa shape index (κ2) is 7.21. The van der Waals surface area contributed by atoms with E-state index < -0.39 is 17.9 Å². The first-order chi connectivity index (χ1) is 12.3. The van der Waals surface area contributed by atoms with E-state index in [1.54, 1.807) is 12.0 Å². The third-order valence-corrected chi connectivity index (χ3v) is 5.05. The van der Waals surface area contributed by atoms with Crippen molar-refractivity contribution in [2.24, 2.45) is 5.16 Å². The van der Waals surface area contributed by atoms with Crippen molar-refractivity contribution in [2.75, 3.05) is 20.2 Å². The minimum absolute atomic E-state index is 0.122. The van der Waals surface area contributed by atoms with Crippen molar-refractivity contribution in [1.82, 2.24) is 4.90 Å². The highest BCUT2D eigenvalue weighted by atomic mass is 19.3. The quantitative estimate of drug-likeness (QED) is 0.800. The van der Waals surface area contributed by atoms with Gasteiger partial charge in [-0.2, -0.15) is 0 Å². The molecule has 1 fully saturated rings. The molecule has 0 unspecified atom stereocenters. The van der Waals surface area contributed by atoms with Gasteiger partial charge in [-0.05, 0) is 19.1 Å². The number of carbonyl (C=O) groups is 1. The summed E-state index contributed by atoms with van der Waals surface area (Å²) in [6.45, 7) is 1.86. The molecule has 2 aliphatic heterocycles. The van der Waals surface area contributed by atoms with Crippen LogP contribution in [-0.4, -0.2) is 48.2 Å². The lowest BCUT2D eigenvalue weighted by atomic mass is 9.85. The summed E-state index contributed by atoms with van der Waals surface area (Å²) in [7, 11) is 1.62. The number of amides is 1. The Morgan fingerprint density at radius 1 is 1.38 bits per heavy atom. The smallest absolute Gasteiger partial charge is 0.245 e. The van der Waals surface area contributed by atoms with E-state index in [1.807, 2.05) is 24.3 Å². The zero-order chi connectivity index (χ0) is 18.8. The topological polar surface area (TPSA) is 51.1 Å². The summed E-state index contributed by atoms with van der Waals surface area (Å²) in [5.74, 6) is -2.26. The highest BCUT2D eigenvalue weighted by Crippen LogP contribution is 2.36. The van der Waals surface area contributed by atoms with Crippen molar-refractivity contribution in [2.45, 2.75) is 50.6 Å². The Balaban J connectivity index is 1.54. The third kappa shape index (κ3) is 4.31. The lowest BCUT2D eigenvalue weighted by molar-refractivity contribution is -0.138. The van der Waals surface area contributed by atoms with Gasteiger partial charge in [0.25, 0.3) is 0 Å². The maximum absolute atomic E-state index is 12.9. The number of hydrogen-bond donors (Lipinski definition) is 0. The molecule has 3 rings (SSSR count). The van der Waals surface area contributed by atoms with Crippen LogP contribution in [0.4, 0.5) is 8.78 Å². The average Bonchev–Trinajstić information content (AvgIpc) is 3.03. The van der Waals surface area contributed by atoms with Crippen LogP contribution in [0.25, 0.3) is 0 Å². The number of methoxy groups -OCH3 is 1. The molecule has 0 saturated carbocycles. The summed E-state index contributed by atoms with van der Waals surface area (Å²) in [6, 6.07) is 7.67. The number of ether oxygens (including phenoxy) is 1. The van der Waals surface area contributed by atoms with Crippen LogP contribution in [0.15, 0.2) is 29.4 Å². The second-order valence-corrected chi connectivity index (χ2v) is 7.17. The number of carbonyl (C=O) groups excluding carboxylic acids is 1. The Morgan fingerprint density at radius 2 is 2.12 bits per heavy atom. The standard InChI is InChI=1S/C19H24F2N2O3/c1-18(20,21)7-6-17(24)23-10-8-19(9-11-23)13-16(22-26-19)14-4-3-5-15(12-14)25-2/h3-5,12H,6-11,13H2,1-2H3. The lowest BCUT2D eigenvalue weighted by Crippen LogP contribution is -2.47. The number of rotatable bonds is 5. The van der Waals surface area contributed by atoms with Crippen LogP contribution in [0.1, 0.15) is 44.6 Å². The van der Waals surface area contributed by atoms with Crippen molar-refractivity contribution < 1.29 is 23.1 Å². The Morgan fingerprint density at radius 3 is 2.77 bits per heavy atom. The fourth-order valence-corrected chi connectivity index (χ4v) is 3.40. The van der Waals surface area contributed by atoms with Gasteiger partial charge in [0.15, 0.2) is 0 Å². The maximum Gasteiger partial charge on any atom is 0.245 e. The first-order valence-electron chi connectivity index (χ1n) is 8.85. The Bertz CT molecular complexity index is 692. The van der Waals surface area contributed by atoms with Crippen molar-refractivity contribution in [3.05, 3.63) is 29.8 Å². The molecule has 0 bridgehead atoms. The van der Waals surface area contributed by atoms with Gasteiger partial charge in [0, 0.05) is 50.8 Å². The summed E-state index contributed by atoms with van der Waals surface area (Å²) in [4.78, 5) is 19.5. The van der Waals surface area contributed by atoms with Gasteiger partial charge < -0.3 is 14.5 Å². The van der Waals surface area contributed by atoms with Crippen molar-refractivity contribution in [3.63, 3.8) is 0 Å². The first kappa shape index (κ1) is 18.6. The Labute approximate surface area is 151 Å². The zero-order valence-electron chi connectivity index (χ0n) is 15.1. The van der Waals surface area contributed by atoms with Crippen LogP contribution >= 0.6 is 0 Å². The SMILES string of the molecule is COc1cccc(C2=NOC3(CCN(C(=O)CCC(C)(F)F)CC3)C2)c1. The van der Waals surface area contributed by atoms with Gasteiger partial charge in [-0.3, -0.25) is 4.79 Å². The van der Waals surface area contributed by atoms with Crippen LogP contribution in [-0.2, 0) is 9.63 Å². The molecule has 1 saturated heterocycles. The average molecular weight is 366 g/mol. The second-order valence-electron chi connectivity index (χ2n) is 7.17. The summed E-state index contributed by atoms with van der Waals surface area (Å²) in [5, 5.41) is 4.26. The molecular weight excluding hydrogens is 342 g/mol. The highest BCUT2D eigenvalue weighted by molar-refractivity contribution is 6.02. The minimum atomic E-state index is -2.80. The van der Waals surface area contributed by atoms with Gasteiger partial charge in [-0.1, -0.05) is 17.3 Å². The van der Waals surface area contributed by atoms with Gasteiger partial charge in [0.2, 0.25) is 11.8 Å². The first-order valence-corrected chi connectivity index (χ1v) is 8.85. The molecule has 0 aromatic heterocycles. The van der Waals surface area contributed by atoms with Gasteiger partial charge in [-0.15, -0.1) is 0 Å². The van der Waals surface area contributed by atoms with Gasteiger partial charge in [0.05, 0.1) is 12.8 Å². The molecule has 0 radical (unpaired) electrons. The van der Waals surface area contributed by atoms with Crippen molar-refractivity contribution in [1.29, 1.82) is 0 Å². The largest absolute Gasteiger partial charge is 0.497 e. The molecular formula is C19H24F2N2O3. The predicted octanol–water partition coefficient (Wildman–Crippen LogP) is 3.62.